The molecule has 2 rings (SSSR count). The van der Waals surface area contributed by atoms with Crippen LogP contribution in [0.2, 0.25) is 5.02 Å². The number of aryl methyl sites for hydroxylation is 1. The fraction of sp³-hybridized carbons (Fsp3) is 0.333. The summed E-state index contributed by atoms with van der Waals surface area (Å²) in [5, 5.41) is 12.1. The average Bonchev–Trinajstić information content (AvgIpc) is 2.82. The molecule has 1 aromatic carbocycles. The molecule has 0 radical (unpaired) electrons. The SMILES string of the molecule is Cc1cc(C(=O)NCCCCC(=O)O)c(C)n1-c1ccc(Cl)cc1. The van der Waals surface area contributed by atoms with Gasteiger partial charge in [0.1, 0.15) is 0 Å². The monoisotopic (exact) mass is 348 g/mol. The van der Waals surface area contributed by atoms with E-state index in [0.29, 0.717) is 30.0 Å². The molecule has 0 saturated heterocycles. The van der Waals surface area contributed by atoms with E-state index in [1.54, 1.807) is 0 Å². The Balaban J connectivity index is 2.06. The van der Waals surface area contributed by atoms with Crippen molar-refractivity contribution in [1.29, 1.82) is 0 Å². The van der Waals surface area contributed by atoms with Gasteiger partial charge in [-0.2, -0.15) is 0 Å². The van der Waals surface area contributed by atoms with Crippen molar-refractivity contribution < 1.29 is 14.7 Å². The van der Waals surface area contributed by atoms with Gasteiger partial charge in [0.15, 0.2) is 0 Å². The summed E-state index contributed by atoms with van der Waals surface area (Å²) in [6.45, 7) is 4.32. The summed E-state index contributed by atoms with van der Waals surface area (Å²) in [7, 11) is 0. The number of unbranched alkanes of at least 4 members (excludes halogenated alkanes) is 1. The summed E-state index contributed by atoms with van der Waals surface area (Å²) in [6.07, 6.45) is 1.33. The smallest absolute Gasteiger partial charge is 0.303 e. The van der Waals surface area contributed by atoms with Crippen LogP contribution in [0.5, 0.6) is 0 Å². The van der Waals surface area contributed by atoms with Gasteiger partial charge in [-0.25, -0.2) is 0 Å². The first-order valence-electron chi connectivity index (χ1n) is 7.85. The molecule has 0 fully saturated rings. The zero-order valence-corrected chi connectivity index (χ0v) is 14.6. The molecule has 2 N–H and O–H groups in total. The van der Waals surface area contributed by atoms with Gasteiger partial charge < -0.3 is 15.0 Å². The summed E-state index contributed by atoms with van der Waals surface area (Å²) < 4.78 is 2.01. The number of aliphatic carboxylic acids is 1. The molecule has 0 aliphatic rings. The van der Waals surface area contributed by atoms with E-state index in [9.17, 15) is 9.59 Å². The van der Waals surface area contributed by atoms with Crippen molar-refractivity contribution in [1.82, 2.24) is 9.88 Å². The number of hydrogen-bond acceptors (Lipinski definition) is 2. The predicted octanol–water partition coefficient (Wildman–Crippen LogP) is 3.73. The lowest BCUT2D eigenvalue weighted by atomic mass is 10.2. The molecule has 5 nitrogen and oxygen atoms in total. The van der Waals surface area contributed by atoms with Crippen LogP contribution in [0, 0.1) is 13.8 Å². The van der Waals surface area contributed by atoms with E-state index in [1.165, 1.54) is 0 Å². The number of nitrogens with zero attached hydrogens (tertiary/aromatic N) is 1. The lowest BCUT2D eigenvalue weighted by molar-refractivity contribution is -0.137. The Kier molecular flexibility index (Phi) is 6.04. The fourth-order valence-corrected chi connectivity index (χ4v) is 2.80. The highest BCUT2D eigenvalue weighted by molar-refractivity contribution is 6.30. The molecule has 2 aromatic rings. The first-order valence-corrected chi connectivity index (χ1v) is 8.23. The Morgan fingerprint density at radius 3 is 2.46 bits per heavy atom. The number of carbonyl (C=O) groups excluding carboxylic acids is 1. The molecule has 1 aromatic heterocycles. The van der Waals surface area contributed by atoms with Crippen LogP contribution in [-0.2, 0) is 4.79 Å². The number of hydrogen-bond donors (Lipinski definition) is 2. The van der Waals surface area contributed by atoms with Crippen LogP contribution in [0.4, 0.5) is 0 Å². The van der Waals surface area contributed by atoms with Crippen LogP contribution in [0.15, 0.2) is 30.3 Å². The van der Waals surface area contributed by atoms with Gasteiger partial charge in [-0.05, 0) is 57.0 Å². The number of nitrogens with one attached hydrogen (secondary N) is 1. The Labute approximate surface area is 146 Å². The lowest BCUT2D eigenvalue weighted by Crippen LogP contribution is -2.25. The van der Waals surface area contributed by atoms with Gasteiger partial charge in [-0.1, -0.05) is 11.6 Å². The van der Waals surface area contributed by atoms with E-state index in [1.807, 2.05) is 48.7 Å². The van der Waals surface area contributed by atoms with E-state index >= 15 is 0 Å². The van der Waals surface area contributed by atoms with Gasteiger partial charge >= 0.3 is 5.97 Å². The highest BCUT2D eigenvalue weighted by Crippen LogP contribution is 2.22. The highest BCUT2D eigenvalue weighted by atomic mass is 35.5. The number of carboxylic acids is 1. The van der Waals surface area contributed by atoms with Crippen LogP contribution >= 0.6 is 11.6 Å². The van der Waals surface area contributed by atoms with Crippen molar-refractivity contribution in [3.63, 3.8) is 0 Å². The molecule has 0 atom stereocenters. The Morgan fingerprint density at radius 2 is 1.83 bits per heavy atom. The maximum Gasteiger partial charge on any atom is 0.303 e. The van der Waals surface area contributed by atoms with E-state index in [4.69, 9.17) is 16.7 Å². The van der Waals surface area contributed by atoms with Crippen molar-refractivity contribution in [2.45, 2.75) is 33.1 Å². The predicted molar refractivity (Wildman–Crippen MR) is 94.1 cm³/mol. The van der Waals surface area contributed by atoms with E-state index < -0.39 is 5.97 Å². The Morgan fingerprint density at radius 1 is 1.17 bits per heavy atom. The van der Waals surface area contributed by atoms with Crippen molar-refractivity contribution >= 4 is 23.5 Å². The normalized spacial score (nSPS) is 10.6. The number of carboxylic acid groups (broad SMARTS) is 1. The fourth-order valence-electron chi connectivity index (χ4n) is 2.68. The summed E-state index contributed by atoms with van der Waals surface area (Å²) in [4.78, 5) is 22.8. The van der Waals surface area contributed by atoms with Gasteiger partial charge in [0.25, 0.3) is 5.91 Å². The standard InChI is InChI=1S/C18H21ClN2O3/c1-12-11-16(18(24)20-10-4-3-5-17(22)23)13(2)21(12)15-8-6-14(19)7-9-15/h6-9,11H,3-5,10H2,1-2H3,(H,20,24)(H,22,23). The van der Waals surface area contributed by atoms with Gasteiger partial charge in [0.2, 0.25) is 0 Å². The molecule has 128 valence electrons. The number of carbonyl (C=O) groups is 2. The third-order valence-corrected chi connectivity index (χ3v) is 4.12. The number of halogens is 1. The van der Waals surface area contributed by atoms with Gasteiger partial charge in [-0.3, -0.25) is 9.59 Å². The zero-order chi connectivity index (χ0) is 17.7. The first kappa shape index (κ1) is 18.1. The number of aromatic nitrogens is 1. The highest BCUT2D eigenvalue weighted by Gasteiger charge is 2.16. The molecule has 24 heavy (non-hydrogen) atoms. The van der Waals surface area contributed by atoms with Gasteiger partial charge in [-0.15, -0.1) is 0 Å². The van der Waals surface area contributed by atoms with Crippen molar-refractivity contribution in [2.75, 3.05) is 6.54 Å². The molecule has 0 saturated carbocycles. The first-order chi connectivity index (χ1) is 11.4. The van der Waals surface area contributed by atoms with E-state index in [2.05, 4.69) is 5.32 Å². The Hall–Kier alpha value is -2.27. The van der Waals surface area contributed by atoms with Crippen LogP contribution in [0.25, 0.3) is 5.69 Å². The zero-order valence-electron chi connectivity index (χ0n) is 13.8. The molecule has 0 bridgehead atoms. The number of benzene rings is 1. The summed E-state index contributed by atoms with van der Waals surface area (Å²) in [5.41, 5.74) is 3.40. The summed E-state index contributed by atoms with van der Waals surface area (Å²) in [5.74, 6) is -0.952. The lowest BCUT2D eigenvalue weighted by Gasteiger charge is -2.10. The van der Waals surface area contributed by atoms with Gasteiger partial charge in [0.05, 0.1) is 5.56 Å². The summed E-state index contributed by atoms with van der Waals surface area (Å²) >= 11 is 5.93. The number of amides is 1. The quantitative estimate of drug-likeness (QED) is 0.749. The van der Waals surface area contributed by atoms with Crippen LogP contribution in [-0.4, -0.2) is 28.1 Å². The molecule has 0 unspecified atom stereocenters. The minimum Gasteiger partial charge on any atom is -0.481 e. The van der Waals surface area contributed by atoms with Crippen LogP contribution in [0.3, 0.4) is 0 Å². The topological polar surface area (TPSA) is 71.3 Å². The molecular weight excluding hydrogens is 328 g/mol. The van der Waals surface area contributed by atoms with Crippen molar-refractivity contribution in [2.24, 2.45) is 0 Å². The molecule has 6 heteroatoms. The average molecular weight is 349 g/mol. The molecule has 0 spiro atoms. The van der Waals surface area contributed by atoms with Crippen LogP contribution in [0.1, 0.15) is 41.0 Å². The maximum absolute atomic E-state index is 12.4. The second kappa shape index (κ2) is 8.02. The molecule has 1 amide bonds. The molecule has 0 aliphatic heterocycles. The molecule has 0 aliphatic carbocycles. The second-order valence-electron chi connectivity index (χ2n) is 5.70. The van der Waals surface area contributed by atoms with Gasteiger partial charge in [0, 0.05) is 35.1 Å². The van der Waals surface area contributed by atoms with E-state index in [0.717, 1.165) is 17.1 Å². The third-order valence-electron chi connectivity index (χ3n) is 3.86. The van der Waals surface area contributed by atoms with Crippen molar-refractivity contribution in [3.8, 4) is 5.69 Å². The van der Waals surface area contributed by atoms with Crippen molar-refractivity contribution in [3.05, 3.63) is 52.3 Å². The second-order valence-corrected chi connectivity index (χ2v) is 6.14. The molecular formula is C18H21ClN2O3. The Bertz CT molecular complexity index is 735. The minimum atomic E-state index is -0.812. The number of rotatable bonds is 7. The maximum atomic E-state index is 12.4. The third kappa shape index (κ3) is 4.38. The minimum absolute atomic E-state index is 0.126. The van der Waals surface area contributed by atoms with E-state index in [-0.39, 0.29) is 12.3 Å². The summed E-state index contributed by atoms with van der Waals surface area (Å²) in [6, 6.07) is 9.32. The largest absolute Gasteiger partial charge is 0.481 e. The molecule has 1 heterocycles. The van der Waals surface area contributed by atoms with Crippen LogP contribution < -0.4 is 5.32 Å².